The highest BCUT2D eigenvalue weighted by Crippen LogP contribution is 2.24. The molecule has 1 amide bonds. The summed E-state index contributed by atoms with van der Waals surface area (Å²) in [6.45, 7) is 5.83. The largest absolute Gasteiger partial charge is 0.393 e. The molecule has 0 aromatic heterocycles. The van der Waals surface area contributed by atoms with Crippen LogP contribution in [-0.4, -0.2) is 23.2 Å². The van der Waals surface area contributed by atoms with Crippen molar-refractivity contribution in [2.45, 2.75) is 52.2 Å². The summed E-state index contributed by atoms with van der Waals surface area (Å²) in [5.74, 6) is 0.505. The molecule has 3 nitrogen and oxygen atoms in total. The zero-order valence-corrected chi connectivity index (χ0v) is 9.29. The van der Waals surface area contributed by atoms with E-state index in [9.17, 15) is 9.90 Å². The predicted molar refractivity (Wildman–Crippen MR) is 55.8 cm³/mol. The van der Waals surface area contributed by atoms with Gasteiger partial charge in [-0.2, -0.15) is 0 Å². The first-order valence-electron chi connectivity index (χ1n) is 5.49. The minimum absolute atomic E-state index is 0.0338. The van der Waals surface area contributed by atoms with Gasteiger partial charge in [-0.3, -0.25) is 4.79 Å². The van der Waals surface area contributed by atoms with Crippen molar-refractivity contribution < 1.29 is 9.90 Å². The van der Waals surface area contributed by atoms with Crippen LogP contribution in [0.5, 0.6) is 0 Å². The van der Waals surface area contributed by atoms with E-state index in [0.717, 1.165) is 12.8 Å². The molecule has 0 radical (unpaired) electrons. The van der Waals surface area contributed by atoms with Crippen molar-refractivity contribution in [1.29, 1.82) is 0 Å². The van der Waals surface area contributed by atoms with Gasteiger partial charge in [-0.15, -0.1) is 0 Å². The Morgan fingerprint density at radius 3 is 2.57 bits per heavy atom. The van der Waals surface area contributed by atoms with E-state index in [-0.39, 0.29) is 24.0 Å². The third kappa shape index (κ3) is 2.98. The first kappa shape index (κ1) is 11.5. The lowest BCUT2D eigenvalue weighted by Gasteiger charge is -2.31. The van der Waals surface area contributed by atoms with Crippen molar-refractivity contribution in [3.8, 4) is 0 Å². The molecule has 1 fully saturated rings. The van der Waals surface area contributed by atoms with E-state index in [0.29, 0.717) is 12.3 Å². The SMILES string of the molecule is CC(C)C(=O)N[C@H]1CCC(C)[C@@H](O)C1. The van der Waals surface area contributed by atoms with Crippen molar-refractivity contribution in [3.63, 3.8) is 0 Å². The van der Waals surface area contributed by atoms with Gasteiger partial charge in [0.2, 0.25) is 5.91 Å². The van der Waals surface area contributed by atoms with Crippen LogP contribution in [0.2, 0.25) is 0 Å². The number of carbonyl (C=O) groups excluding carboxylic acids is 1. The van der Waals surface area contributed by atoms with Gasteiger partial charge in [0, 0.05) is 12.0 Å². The maximum absolute atomic E-state index is 11.4. The minimum atomic E-state index is -0.249. The number of hydrogen-bond donors (Lipinski definition) is 2. The minimum Gasteiger partial charge on any atom is -0.393 e. The lowest BCUT2D eigenvalue weighted by Crippen LogP contribution is -2.43. The summed E-state index contributed by atoms with van der Waals surface area (Å²) in [6, 6.07) is 0.177. The van der Waals surface area contributed by atoms with Gasteiger partial charge in [-0.25, -0.2) is 0 Å². The number of nitrogens with one attached hydrogen (secondary N) is 1. The van der Waals surface area contributed by atoms with Crippen LogP contribution in [0, 0.1) is 11.8 Å². The molecule has 3 atom stereocenters. The highest BCUT2D eigenvalue weighted by Gasteiger charge is 2.27. The Balaban J connectivity index is 2.37. The molecule has 82 valence electrons. The van der Waals surface area contributed by atoms with Crippen LogP contribution in [0.15, 0.2) is 0 Å². The van der Waals surface area contributed by atoms with Crippen LogP contribution in [0.1, 0.15) is 40.0 Å². The number of carbonyl (C=O) groups is 1. The summed E-state index contributed by atoms with van der Waals surface area (Å²) in [5, 5.41) is 12.6. The molecule has 0 aromatic carbocycles. The van der Waals surface area contributed by atoms with Gasteiger partial charge in [0.1, 0.15) is 0 Å². The molecule has 0 saturated heterocycles. The van der Waals surface area contributed by atoms with Crippen molar-refractivity contribution in [2.24, 2.45) is 11.8 Å². The quantitative estimate of drug-likeness (QED) is 0.704. The van der Waals surface area contributed by atoms with Crippen molar-refractivity contribution >= 4 is 5.91 Å². The molecule has 2 N–H and O–H groups in total. The van der Waals surface area contributed by atoms with E-state index in [2.05, 4.69) is 12.2 Å². The summed E-state index contributed by atoms with van der Waals surface area (Å²) < 4.78 is 0. The van der Waals surface area contributed by atoms with Gasteiger partial charge in [0.25, 0.3) is 0 Å². The Morgan fingerprint density at radius 2 is 2.07 bits per heavy atom. The monoisotopic (exact) mass is 199 g/mol. The molecule has 1 aliphatic rings. The molecule has 14 heavy (non-hydrogen) atoms. The Bertz CT molecular complexity index is 203. The first-order chi connectivity index (χ1) is 6.50. The van der Waals surface area contributed by atoms with Gasteiger partial charge in [-0.05, 0) is 25.2 Å². The summed E-state index contributed by atoms with van der Waals surface area (Å²) in [7, 11) is 0. The van der Waals surface area contributed by atoms with Gasteiger partial charge in [-0.1, -0.05) is 20.8 Å². The van der Waals surface area contributed by atoms with Crippen LogP contribution in [0.25, 0.3) is 0 Å². The number of rotatable bonds is 2. The molecule has 3 heteroatoms. The summed E-state index contributed by atoms with van der Waals surface area (Å²) in [6.07, 6.45) is 2.46. The fraction of sp³-hybridized carbons (Fsp3) is 0.909. The molecule has 0 bridgehead atoms. The second-order valence-electron chi connectivity index (χ2n) is 4.72. The highest BCUT2D eigenvalue weighted by molar-refractivity contribution is 5.78. The van der Waals surface area contributed by atoms with E-state index in [1.807, 2.05) is 13.8 Å². The predicted octanol–water partition coefficient (Wildman–Crippen LogP) is 1.31. The first-order valence-corrected chi connectivity index (χ1v) is 5.49. The van der Waals surface area contributed by atoms with Gasteiger partial charge < -0.3 is 10.4 Å². The maximum atomic E-state index is 11.4. The van der Waals surface area contributed by atoms with Crippen LogP contribution in [0.3, 0.4) is 0 Å². The Morgan fingerprint density at radius 1 is 1.43 bits per heavy atom. The topological polar surface area (TPSA) is 49.3 Å². The number of aliphatic hydroxyl groups is 1. The Labute approximate surface area is 85.9 Å². The molecule has 1 aliphatic carbocycles. The molecule has 0 aliphatic heterocycles. The van der Waals surface area contributed by atoms with Gasteiger partial charge in [0.15, 0.2) is 0 Å². The van der Waals surface area contributed by atoms with Crippen LogP contribution in [0.4, 0.5) is 0 Å². The zero-order valence-electron chi connectivity index (χ0n) is 9.29. The molecular weight excluding hydrogens is 178 g/mol. The molecular formula is C11H21NO2. The normalized spacial score (nSPS) is 33.1. The maximum Gasteiger partial charge on any atom is 0.222 e. The fourth-order valence-corrected chi connectivity index (χ4v) is 1.80. The zero-order chi connectivity index (χ0) is 10.7. The summed E-state index contributed by atoms with van der Waals surface area (Å²) in [5.41, 5.74) is 0. The van der Waals surface area contributed by atoms with Gasteiger partial charge in [0.05, 0.1) is 6.10 Å². The van der Waals surface area contributed by atoms with E-state index >= 15 is 0 Å². The number of hydrogen-bond acceptors (Lipinski definition) is 2. The smallest absolute Gasteiger partial charge is 0.222 e. The molecule has 0 aromatic rings. The van der Waals surface area contributed by atoms with E-state index in [4.69, 9.17) is 0 Å². The summed E-state index contributed by atoms with van der Waals surface area (Å²) >= 11 is 0. The van der Waals surface area contributed by atoms with E-state index < -0.39 is 0 Å². The second kappa shape index (κ2) is 4.78. The van der Waals surface area contributed by atoms with Crippen molar-refractivity contribution in [1.82, 2.24) is 5.32 Å². The molecule has 0 heterocycles. The number of amides is 1. The van der Waals surface area contributed by atoms with Crippen molar-refractivity contribution in [3.05, 3.63) is 0 Å². The van der Waals surface area contributed by atoms with E-state index in [1.54, 1.807) is 0 Å². The van der Waals surface area contributed by atoms with Crippen LogP contribution < -0.4 is 5.32 Å². The lowest BCUT2D eigenvalue weighted by molar-refractivity contribution is -0.125. The molecule has 1 saturated carbocycles. The van der Waals surface area contributed by atoms with Crippen LogP contribution in [-0.2, 0) is 4.79 Å². The van der Waals surface area contributed by atoms with Crippen molar-refractivity contribution in [2.75, 3.05) is 0 Å². The third-order valence-corrected chi connectivity index (χ3v) is 3.02. The number of aliphatic hydroxyl groups excluding tert-OH is 1. The standard InChI is InChI=1S/C11H21NO2/c1-7(2)11(14)12-9-5-4-8(3)10(13)6-9/h7-10,13H,4-6H2,1-3H3,(H,12,14)/t8?,9-,10-/m0/s1. The molecule has 1 unspecified atom stereocenters. The third-order valence-electron chi connectivity index (χ3n) is 3.02. The average Bonchev–Trinajstić information content (AvgIpc) is 2.11. The summed E-state index contributed by atoms with van der Waals surface area (Å²) in [4.78, 5) is 11.4. The average molecular weight is 199 g/mol. The molecule has 1 rings (SSSR count). The van der Waals surface area contributed by atoms with E-state index in [1.165, 1.54) is 0 Å². The Kier molecular flexibility index (Phi) is 3.93. The molecule has 0 spiro atoms. The van der Waals surface area contributed by atoms with Gasteiger partial charge >= 0.3 is 0 Å². The highest BCUT2D eigenvalue weighted by atomic mass is 16.3. The second-order valence-corrected chi connectivity index (χ2v) is 4.72. The Hall–Kier alpha value is -0.570. The van der Waals surface area contributed by atoms with Crippen LogP contribution >= 0.6 is 0 Å². The lowest BCUT2D eigenvalue weighted by atomic mass is 9.84. The fourth-order valence-electron chi connectivity index (χ4n) is 1.80.